The van der Waals surface area contributed by atoms with E-state index in [0.717, 1.165) is 5.69 Å². The molecule has 3 heteroatoms. The lowest BCUT2D eigenvalue weighted by atomic mass is 10.3. The minimum Gasteiger partial charge on any atom is -0.315 e. The quantitative estimate of drug-likeness (QED) is 0.735. The number of anilines is 1. The number of thioether (sulfide) groups is 1. The van der Waals surface area contributed by atoms with Gasteiger partial charge in [0.05, 0.1) is 5.75 Å². The summed E-state index contributed by atoms with van der Waals surface area (Å²) in [6.45, 7) is 0. The second-order valence-corrected chi connectivity index (χ2v) is 3.59. The Bertz CT molecular complexity index is 274. The van der Waals surface area contributed by atoms with E-state index in [1.54, 1.807) is 23.7 Å². The average Bonchev–Trinajstić information content (AvgIpc) is 2.18. The Morgan fingerprint density at radius 1 is 1.38 bits per heavy atom. The molecule has 0 unspecified atom stereocenters. The van der Waals surface area contributed by atoms with Gasteiger partial charge in [0.25, 0.3) is 0 Å². The summed E-state index contributed by atoms with van der Waals surface area (Å²) in [5.41, 5.74) is 0.946. The summed E-state index contributed by atoms with van der Waals surface area (Å²) in [4.78, 5) is 13.1. The Balaban J connectivity index is 2.68. The Hall–Kier alpha value is -0.960. The van der Waals surface area contributed by atoms with Gasteiger partial charge in [0, 0.05) is 12.7 Å². The van der Waals surface area contributed by atoms with Crippen LogP contribution < -0.4 is 4.90 Å². The normalized spacial score (nSPS) is 9.69. The molecule has 2 nitrogen and oxygen atoms in total. The average molecular weight is 195 g/mol. The molecular weight excluding hydrogens is 182 g/mol. The van der Waals surface area contributed by atoms with Gasteiger partial charge in [-0.25, -0.2) is 0 Å². The molecule has 0 aliphatic rings. The largest absolute Gasteiger partial charge is 0.315 e. The fraction of sp³-hybridized carbons (Fsp3) is 0.300. The van der Waals surface area contributed by atoms with E-state index < -0.39 is 0 Å². The summed E-state index contributed by atoms with van der Waals surface area (Å²) in [6.07, 6.45) is 1.93. The van der Waals surface area contributed by atoms with Crippen LogP contribution in [0.2, 0.25) is 0 Å². The molecule has 1 amide bonds. The van der Waals surface area contributed by atoms with Gasteiger partial charge in [0.2, 0.25) is 5.91 Å². The van der Waals surface area contributed by atoms with Crippen molar-refractivity contribution < 1.29 is 4.79 Å². The van der Waals surface area contributed by atoms with Crippen LogP contribution in [0.5, 0.6) is 0 Å². The maximum atomic E-state index is 11.4. The van der Waals surface area contributed by atoms with E-state index in [4.69, 9.17) is 0 Å². The number of para-hydroxylation sites is 1. The van der Waals surface area contributed by atoms with Crippen molar-refractivity contribution in [2.45, 2.75) is 0 Å². The Morgan fingerprint density at radius 2 is 2.00 bits per heavy atom. The van der Waals surface area contributed by atoms with Crippen molar-refractivity contribution in [2.24, 2.45) is 0 Å². The smallest absolute Gasteiger partial charge is 0.236 e. The van der Waals surface area contributed by atoms with Gasteiger partial charge in [0.15, 0.2) is 0 Å². The van der Waals surface area contributed by atoms with Crippen molar-refractivity contribution in [1.29, 1.82) is 0 Å². The van der Waals surface area contributed by atoms with Crippen molar-refractivity contribution >= 4 is 23.4 Å². The highest BCUT2D eigenvalue weighted by Gasteiger charge is 2.08. The fourth-order valence-electron chi connectivity index (χ4n) is 1.02. The van der Waals surface area contributed by atoms with Crippen LogP contribution >= 0.6 is 11.8 Å². The van der Waals surface area contributed by atoms with E-state index in [1.807, 2.05) is 36.6 Å². The lowest BCUT2D eigenvalue weighted by Gasteiger charge is -2.16. The third-order valence-corrected chi connectivity index (χ3v) is 2.32. The second kappa shape index (κ2) is 4.92. The number of rotatable bonds is 3. The summed E-state index contributed by atoms with van der Waals surface area (Å²) >= 11 is 1.54. The lowest BCUT2D eigenvalue weighted by Crippen LogP contribution is -2.27. The van der Waals surface area contributed by atoms with Crippen LogP contribution in [0.3, 0.4) is 0 Å². The van der Waals surface area contributed by atoms with Gasteiger partial charge in [-0.05, 0) is 18.4 Å². The van der Waals surface area contributed by atoms with Crippen LogP contribution in [0.25, 0.3) is 0 Å². The molecule has 0 saturated heterocycles. The highest BCUT2D eigenvalue weighted by Crippen LogP contribution is 2.11. The molecule has 0 fully saturated rings. The molecule has 0 spiro atoms. The molecule has 0 heterocycles. The molecule has 1 aromatic carbocycles. The monoisotopic (exact) mass is 195 g/mol. The molecule has 70 valence electrons. The van der Waals surface area contributed by atoms with Crippen LogP contribution in [0.15, 0.2) is 30.3 Å². The zero-order valence-electron chi connectivity index (χ0n) is 7.86. The minimum atomic E-state index is 0.138. The molecular formula is C10H13NOS. The number of carbonyl (C=O) groups excluding carboxylic acids is 1. The highest BCUT2D eigenvalue weighted by molar-refractivity contribution is 7.99. The summed E-state index contributed by atoms with van der Waals surface area (Å²) in [5, 5.41) is 0. The zero-order chi connectivity index (χ0) is 9.68. The zero-order valence-corrected chi connectivity index (χ0v) is 8.67. The predicted octanol–water partition coefficient (Wildman–Crippen LogP) is 2.01. The minimum absolute atomic E-state index is 0.138. The molecule has 0 aromatic heterocycles. The number of amides is 1. The van der Waals surface area contributed by atoms with Crippen molar-refractivity contribution in [2.75, 3.05) is 24.0 Å². The summed E-state index contributed by atoms with van der Waals surface area (Å²) in [5.74, 6) is 0.671. The third kappa shape index (κ3) is 2.77. The first-order valence-corrected chi connectivity index (χ1v) is 5.45. The number of hydrogen-bond acceptors (Lipinski definition) is 2. The van der Waals surface area contributed by atoms with Crippen LogP contribution in [0, 0.1) is 0 Å². The number of hydrogen-bond donors (Lipinski definition) is 0. The van der Waals surface area contributed by atoms with Crippen LogP contribution in [0.1, 0.15) is 0 Å². The summed E-state index contributed by atoms with van der Waals surface area (Å²) in [6, 6.07) is 9.66. The van der Waals surface area contributed by atoms with Crippen molar-refractivity contribution in [3.63, 3.8) is 0 Å². The van der Waals surface area contributed by atoms with Gasteiger partial charge in [-0.3, -0.25) is 4.79 Å². The van der Waals surface area contributed by atoms with Crippen molar-refractivity contribution in [1.82, 2.24) is 0 Å². The molecule has 0 aliphatic heterocycles. The van der Waals surface area contributed by atoms with E-state index >= 15 is 0 Å². The Labute approximate surface area is 82.9 Å². The Morgan fingerprint density at radius 3 is 2.54 bits per heavy atom. The molecule has 0 radical (unpaired) electrons. The molecule has 0 N–H and O–H groups in total. The SMILES string of the molecule is CSCC(=O)N(C)c1ccccc1. The van der Waals surface area contributed by atoms with Crippen LogP contribution in [-0.4, -0.2) is 25.0 Å². The molecule has 1 aromatic rings. The van der Waals surface area contributed by atoms with E-state index in [-0.39, 0.29) is 5.91 Å². The molecule has 0 aliphatic carbocycles. The molecule has 1 rings (SSSR count). The number of carbonyl (C=O) groups is 1. The maximum Gasteiger partial charge on any atom is 0.236 e. The number of nitrogens with zero attached hydrogens (tertiary/aromatic N) is 1. The van der Waals surface area contributed by atoms with E-state index in [0.29, 0.717) is 5.75 Å². The lowest BCUT2D eigenvalue weighted by molar-refractivity contribution is -0.115. The predicted molar refractivity (Wildman–Crippen MR) is 58.2 cm³/mol. The second-order valence-electron chi connectivity index (χ2n) is 2.72. The summed E-state index contributed by atoms with van der Waals surface area (Å²) < 4.78 is 0. The van der Waals surface area contributed by atoms with Gasteiger partial charge in [-0.1, -0.05) is 18.2 Å². The molecule has 0 atom stereocenters. The topological polar surface area (TPSA) is 20.3 Å². The van der Waals surface area contributed by atoms with E-state index in [2.05, 4.69) is 0 Å². The maximum absolute atomic E-state index is 11.4. The Kier molecular flexibility index (Phi) is 3.83. The molecule has 0 saturated carbocycles. The first-order chi connectivity index (χ1) is 6.25. The number of benzene rings is 1. The van der Waals surface area contributed by atoms with Crippen LogP contribution in [-0.2, 0) is 4.79 Å². The summed E-state index contributed by atoms with van der Waals surface area (Å²) in [7, 11) is 1.80. The van der Waals surface area contributed by atoms with Crippen molar-refractivity contribution in [3.05, 3.63) is 30.3 Å². The first-order valence-electron chi connectivity index (χ1n) is 4.06. The van der Waals surface area contributed by atoms with Gasteiger partial charge in [0.1, 0.15) is 0 Å². The van der Waals surface area contributed by atoms with Gasteiger partial charge in [-0.15, -0.1) is 0 Å². The first kappa shape index (κ1) is 10.1. The van der Waals surface area contributed by atoms with Crippen LogP contribution in [0.4, 0.5) is 5.69 Å². The fourth-order valence-corrected chi connectivity index (χ4v) is 1.46. The van der Waals surface area contributed by atoms with Gasteiger partial charge in [-0.2, -0.15) is 11.8 Å². The van der Waals surface area contributed by atoms with E-state index in [1.165, 1.54) is 0 Å². The van der Waals surface area contributed by atoms with Crippen molar-refractivity contribution in [3.8, 4) is 0 Å². The standard InChI is InChI=1S/C10H13NOS/c1-11(10(12)8-13-2)9-6-4-3-5-7-9/h3-7H,8H2,1-2H3. The van der Waals surface area contributed by atoms with Gasteiger partial charge < -0.3 is 4.90 Å². The van der Waals surface area contributed by atoms with E-state index in [9.17, 15) is 4.79 Å². The molecule has 13 heavy (non-hydrogen) atoms. The third-order valence-electron chi connectivity index (χ3n) is 1.79. The molecule has 0 bridgehead atoms. The van der Waals surface area contributed by atoms with Gasteiger partial charge >= 0.3 is 0 Å². The highest BCUT2D eigenvalue weighted by atomic mass is 32.2.